The number of ketones is 1. The quantitative estimate of drug-likeness (QED) is 0.714. The molecule has 112 valence electrons. The molecule has 0 spiro atoms. The monoisotopic (exact) mass is 348 g/mol. The molecular formula is C18H21BrO2. The first-order valence-corrected chi connectivity index (χ1v) is 8.95. The molecule has 2 fully saturated rings. The van der Waals surface area contributed by atoms with Gasteiger partial charge in [-0.05, 0) is 73.1 Å². The largest absolute Gasteiger partial charge is 0.497 e. The second-order valence-electron chi connectivity index (χ2n) is 6.83. The highest BCUT2D eigenvalue weighted by Crippen LogP contribution is 2.55. The molecule has 0 N–H and O–H groups in total. The van der Waals surface area contributed by atoms with Crippen LogP contribution in [0.15, 0.2) is 18.2 Å². The number of carbonyl (C=O) groups is 1. The van der Waals surface area contributed by atoms with Crippen molar-refractivity contribution in [3.05, 3.63) is 29.3 Å². The van der Waals surface area contributed by atoms with Crippen molar-refractivity contribution < 1.29 is 9.53 Å². The molecule has 4 rings (SSSR count). The molecule has 0 saturated heterocycles. The molecule has 1 aromatic carbocycles. The third-order valence-electron chi connectivity index (χ3n) is 6.02. The number of benzene rings is 1. The van der Waals surface area contributed by atoms with Gasteiger partial charge in [-0.1, -0.05) is 22.0 Å². The van der Waals surface area contributed by atoms with Gasteiger partial charge in [0.1, 0.15) is 11.5 Å². The van der Waals surface area contributed by atoms with Crippen molar-refractivity contribution in [3.8, 4) is 5.75 Å². The summed E-state index contributed by atoms with van der Waals surface area (Å²) in [6.07, 6.45) is 5.68. The Balaban J connectivity index is 1.67. The van der Waals surface area contributed by atoms with Crippen molar-refractivity contribution >= 4 is 21.7 Å². The van der Waals surface area contributed by atoms with E-state index in [0.29, 0.717) is 29.5 Å². The van der Waals surface area contributed by atoms with Crippen LogP contribution >= 0.6 is 15.9 Å². The van der Waals surface area contributed by atoms with E-state index in [2.05, 4.69) is 34.1 Å². The number of rotatable bonds is 1. The first kappa shape index (κ1) is 13.8. The van der Waals surface area contributed by atoms with E-state index < -0.39 is 0 Å². The number of hydrogen-bond donors (Lipinski definition) is 0. The number of carbonyl (C=O) groups excluding carboxylic acids is 1. The van der Waals surface area contributed by atoms with Crippen molar-refractivity contribution in [2.75, 3.05) is 7.11 Å². The minimum Gasteiger partial charge on any atom is -0.497 e. The number of fused-ring (bicyclic) bond motifs is 5. The summed E-state index contributed by atoms with van der Waals surface area (Å²) in [5, 5.41) is 0. The van der Waals surface area contributed by atoms with E-state index >= 15 is 0 Å². The summed E-state index contributed by atoms with van der Waals surface area (Å²) in [6.45, 7) is 0. The Kier molecular flexibility index (Phi) is 3.36. The molecule has 2 saturated carbocycles. The molecule has 5 atom stereocenters. The predicted octanol–water partition coefficient (Wildman–Crippen LogP) is 4.10. The number of hydrogen-bond acceptors (Lipinski definition) is 2. The summed E-state index contributed by atoms with van der Waals surface area (Å²) >= 11 is 3.59. The molecule has 3 aliphatic carbocycles. The van der Waals surface area contributed by atoms with Gasteiger partial charge in [0.2, 0.25) is 0 Å². The predicted molar refractivity (Wildman–Crippen MR) is 86.1 cm³/mol. The van der Waals surface area contributed by atoms with Crippen LogP contribution in [0.1, 0.15) is 42.7 Å². The van der Waals surface area contributed by atoms with Crippen molar-refractivity contribution in [2.45, 2.75) is 42.8 Å². The van der Waals surface area contributed by atoms with Crippen LogP contribution < -0.4 is 4.74 Å². The van der Waals surface area contributed by atoms with E-state index in [1.54, 1.807) is 7.11 Å². The lowest BCUT2D eigenvalue weighted by molar-refractivity contribution is -0.122. The number of alkyl halides is 1. The topological polar surface area (TPSA) is 26.3 Å². The molecule has 0 unspecified atom stereocenters. The van der Waals surface area contributed by atoms with Crippen LogP contribution in [0.2, 0.25) is 0 Å². The maximum absolute atomic E-state index is 12.3. The summed E-state index contributed by atoms with van der Waals surface area (Å²) < 4.78 is 5.36. The SMILES string of the molecule is COc1ccc2c(c1)CC[C@H]1[C@@H]3C[C@@H](Br)C(=O)[C@H]3CC[C@H]21. The van der Waals surface area contributed by atoms with Crippen LogP contribution in [-0.2, 0) is 11.2 Å². The van der Waals surface area contributed by atoms with Gasteiger partial charge in [-0.15, -0.1) is 0 Å². The number of ether oxygens (including phenoxy) is 1. The van der Waals surface area contributed by atoms with Crippen LogP contribution in [0.4, 0.5) is 0 Å². The normalized spacial score (nSPS) is 37.6. The third kappa shape index (κ3) is 2.08. The molecule has 0 amide bonds. The van der Waals surface area contributed by atoms with Gasteiger partial charge >= 0.3 is 0 Å². The van der Waals surface area contributed by atoms with E-state index in [9.17, 15) is 4.79 Å². The Morgan fingerprint density at radius 1 is 1.14 bits per heavy atom. The molecule has 2 nitrogen and oxygen atoms in total. The number of halogens is 1. The fourth-order valence-electron chi connectivity index (χ4n) is 5.07. The molecule has 21 heavy (non-hydrogen) atoms. The molecule has 3 heteroatoms. The van der Waals surface area contributed by atoms with Crippen LogP contribution in [0.5, 0.6) is 5.75 Å². The van der Waals surface area contributed by atoms with Crippen molar-refractivity contribution in [2.24, 2.45) is 17.8 Å². The molecule has 0 aromatic heterocycles. The fraction of sp³-hybridized carbons (Fsp3) is 0.611. The zero-order valence-electron chi connectivity index (χ0n) is 12.3. The first-order chi connectivity index (χ1) is 10.2. The van der Waals surface area contributed by atoms with Gasteiger partial charge in [0.05, 0.1) is 11.9 Å². The Bertz CT molecular complexity index is 583. The highest BCUT2D eigenvalue weighted by Gasteiger charge is 2.50. The summed E-state index contributed by atoms with van der Waals surface area (Å²) in [7, 11) is 1.73. The van der Waals surface area contributed by atoms with Crippen LogP contribution in [-0.4, -0.2) is 17.7 Å². The fourth-order valence-corrected chi connectivity index (χ4v) is 5.85. The number of methoxy groups -OCH3 is 1. The third-order valence-corrected chi connectivity index (χ3v) is 6.85. The minimum absolute atomic E-state index is 0.114. The smallest absolute Gasteiger partial charge is 0.149 e. The average molecular weight is 349 g/mol. The van der Waals surface area contributed by atoms with Crippen LogP contribution in [0.3, 0.4) is 0 Å². The van der Waals surface area contributed by atoms with E-state index in [0.717, 1.165) is 25.0 Å². The van der Waals surface area contributed by atoms with Crippen molar-refractivity contribution in [1.82, 2.24) is 0 Å². The molecule has 1 aromatic rings. The van der Waals surface area contributed by atoms with Gasteiger partial charge < -0.3 is 4.74 Å². The zero-order chi connectivity index (χ0) is 14.6. The second-order valence-corrected chi connectivity index (χ2v) is 7.93. The summed E-state index contributed by atoms with van der Waals surface area (Å²) in [5.74, 6) is 3.74. The van der Waals surface area contributed by atoms with Gasteiger partial charge in [-0.3, -0.25) is 4.79 Å². The molecule has 0 aliphatic heterocycles. The van der Waals surface area contributed by atoms with Gasteiger partial charge in [-0.25, -0.2) is 0 Å². The lowest BCUT2D eigenvalue weighted by atomic mass is 9.61. The van der Waals surface area contributed by atoms with E-state index in [4.69, 9.17) is 4.74 Å². The maximum atomic E-state index is 12.3. The van der Waals surface area contributed by atoms with E-state index in [-0.39, 0.29) is 4.83 Å². The van der Waals surface area contributed by atoms with E-state index in [1.165, 1.54) is 24.0 Å². The number of aryl methyl sites for hydroxylation is 1. The van der Waals surface area contributed by atoms with Crippen molar-refractivity contribution in [1.29, 1.82) is 0 Å². The summed E-state index contributed by atoms with van der Waals surface area (Å²) in [4.78, 5) is 12.4. The summed E-state index contributed by atoms with van der Waals surface area (Å²) in [5.41, 5.74) is 2.99. The molecule has 0 radical (unpaired) electrons. The minimum atomic E-state index is 0.114. The summed E-state index contributed by atoms with van der Waals surface area (Å²) in [6, 6.07) is 6.58. The highest BCUT2D eigenvalue weighted by atomic mass is 79.9. The second kappa shape index (κ2) is 5.12. The Morgan fingerprint density at radius 3 is 2.76 bits per heavy atom. The Morgan fingerprint density at radius 2 is 1.95 bits per heavy atom. The number of Topliss-reactive ketones (excluding diaryl/α,β-unsaturated/α-hetero) is 1. The van der Waals surface area contributed by atoms with Crippen molar-refractivity contribution in [3.63, 3.8) is 0 Å². The van der Waals surface area contributed by atoms with Gasteiger partial charge in [0, 0.05) is 5.92 Å². The lowest BCUT2D eigenvalue weighted by Crippen LogP contribution is -2.35. The lowest BCUT2D eigenvalue weighted by Gasteiger charge is -2.43. The van der Waals surface area contributed by atoms with Crippen LogP contribution in [0.25, 0.3) is 0 Å². The van der Waals surface area contributed by atoms with Crippen LogP contribution in [0, 0.1) is 17.8 Å². The molecule has 0 bridgehead atoms. The van der Waals surface area contributed by atoms with Gasteiger partial charge in [0.15, 0.2) is 0 Å². The Hall–Kier alpha value is -0.830. The molecule has 0 heterocycles. The maximum Gasteiger partial charge on any atom is 0.149 e. The highest BCUT2D eigenvalue weighted by molar-refractivity contribution is 9.10. The van der Waals surface area contributed by atoms with Gasteiger partial charge in [0.25, 0.3) is 0 Å². The zero-order valence-corrected chi connectivity index (χ0v) is 13.9. The van der Waals surface area contributed by atoms with Gasteiger partial charge in [-0.2, -0.15) is 0 Å². The average Bonchev–Trinajstić information content (AvgIpc) is 2.81. The van der Waals surface area contributed by atoms with E-state index in [1.807, 2.05) is 0 Å². The standard InChI is InChI=1S/C18H21BrO2/c1-21-11-3-5-12-10(8-11)2-4-14-13(12)6-7-15-16(14)9-17(19)18(15)20/h3,5,8,13-17H,2,4,6-7,9H2,1H3/t13-,14-,15+,16+,17-/m1/s1. The molecular weight excluding hydrogens is 328 g/mol. The first-order valence-electron chi connectivity index (χ1n) is 8.03. The Labute approximate surface area is 134 Å². The molecule has 3 aliphatic rings.